The van der Waals surface area contributed by atoms with Gasteiger partial charge < -0.3 is 15.1 Å². The first-order valence-corrected chi connectivity index (χ1v) is 12.1. The number of hydrogen-bond acceptors (Lipinski definition) is 3. The van der Waals surface area contributed by atoms with Gasteiger partial charge in [0.2, 0.25) is 11.8 Å². The summed E-state index contributed by atoms with van der Waals surface area (Å²) in [6, 6.07) is 18.2. The number of amides is 2. The molecule has 2 aliphatic rings. The van der Waals surface area contributed by atoms with Gasteiger partial charge in [0.1, 0.15) is 0 Å². The molecule has 170 valence electrons. The molecule has 0 spiro atoms. The van der Waals surface area contributed by atoms with Gasteiger partial charge >= 0.3 is 0 Å². The highest BCUT2D eigenvalue weighted by molar-refractivity contribution is 6.30. The molecule has 0 aromatic heterocycles. The van der Waals surface area contributed by atoms with Crippen molar-refractivity contribution in [2.75, 3.05) is 37.6 Å². The molecule has 2 aliphatic heterocycles. The van der Waals surface area contributed by atoms with Gasteiger partial charge in [-0.1, -0.05) is 48.0 Å². The van der Waals surface area contributed by atoms with Crippen molar-refractivity contribution in [3.63, 3.8) is 0 Å². The van der Waals surface area contributed by atoms with Crippen LogP contribution in [0.1, 0.15) is 31.2 Å². The van der Waals surface area contributed by atoms with Gasteiger partial charge in [0.25, 0.3) is 0 Å². The minimum atomic E-state index is -0.296. The zero-order valence-corrected chi connectivity index (χ0v) is 19.3. The highest BCUT2D eigenvalue weighted by atomic mass is 35.5. The summed E-state index contributed by atoms with van der Waals surface area (Å²) in [4.78, 5) is 29.1. The summed E-state index contributed by atoms with van der Waals surface area (Å²) in [5, 5.41) is 3.39. The number of halogens is 1. The van der Waals surface area contributed by atoms with E-state index in [9.17, 15) is 9.59 Å². The molecule has 2 amide bonds. The molecule has 2 heterocycles. The fourth-order valence-electron chi connectivity index (χ4n) is 4.82. The standard InChI is InChI=1S/C26H32ClN3O2/c27-23-8-4-9-24(18-23)30(26(32)22-17-25(31)28-19-22)13-5-12-29-14-10-21(11-15-29)16-20-6-2-1-3-7-20/h1-4,6-9,18,21-22H,5,10-17,19H2,(H,28,31). The molecule has 1 atom stereocenters. The van der Waals surface area contributed by atoms with Crippen molar-refractivity contribution >= 4 is 29.1 Å². The normalized spacial score (nSPS) is 19.7. The van der Waals surface area contributed by atoms with Crippen molar-refractivity contribution < 1.29 is 9.59 Å². The third kappa shape index (κ3) is 6.11. The Morgan fingerprint density at radius 2 is 1.88 bits per heavy atom. The number of carbonyl (C=O) groups excluding carboxylic acids is 2. The SMILES string of the molecule is O=C1CC(C(=O)N(CCCN2CCC(Cc3ccccc3)CC2)c2cccc(Cl)c2)CN1. The Morgan fingerprint density at radius 1 is 1.09 bits per heavy atom. The van der Waals surface area contributed by atoms with Gasteiger partial charge in [-0.05, 0) is 75.0 Å². The lowest BCUT2D eigenvalue weighted by atomic mass is 9.90. The van der Waals surface area contributed by atoms with Gasteiger partial charge in [0.15, 0.2) is 0 Å². The first-order valence-electron chi connectivity index (χ1n) is 11.7. The number of hydrogen-bond donors (Lipinski definition) is 1. The van der Waals surface area contributed by atoms with E-state index in [0.717, 1.165) is 37.7 Å². The third-order valence-corrected chi connectivity index (χ3v) is 6.88. The van der Waals surface area contributed by atoms with Crippen LogP contribution < -0.4 is 10.2 Å². The Balaban J connectivity index is 1.29. The molecule has 2 saturated heterocycles. The molecule has 0 saturated carbocycles. The second kappa shape index (κ2) is 11.0. The van der Waals surface area contributed by atoms with Crippen molar-refractivity contribution in [2.24, 2.45) is 11.8 Å². The van der Waals surface area contributed by atoms with Crippen LogP contribution in [0.15, 0.2) is 54.6 Å². The van der Waals surface area contributed by atoms with E-state index in [1.54, 1.807) is 0 Å². The van der Waals surface area contributed by atoms with E-state index >= 15 is 0 Å². The number of anilines is 1. The summed E-state index contributed by atoms with van der Waals surface area (Å²) < 4.78 is 0. The van der Waals surface area contributed by atoms with Crippen molar-refractivity contribution in [3.8, 4) is 0 Å². The lowest BCUT2D eigenvalue weighted by molar-refractivity contribution is -0.124. The molecule has 1 unspecified atom stereocenters. The number of nitrogens with one attached hydrogen (secondary N) is 1. The van der Waals surface area contributed by atoms with Crippen molar-refractivity contribution in [1.82, 2.24) is 10.2 Å². The lowest BCUT2D eigenvalue weighted by Crippen LogP contribution is -2.40. The van der Waals surface area contributed by atoms with Gasteiger partial charge in [0.05, 0.1) is 5.92 Å². The van der Waals surface area contributed by atoms with Crippen LogP contribution in [-0.4, -0.2) is 49.4 Å². The molecular formula is C26H32ClN3O2. The minimum Gasteiger partial charge on any atom is -0.355 e. The monoisotopic (exact) mass is 453 g/mol. The maximum absolute atomic E-state index is 13.2. The largest absolute Gasteiger partial charge is 0.355 e. The number of nitrogens with zero attached hydrogens (tertiary/aromatic N) is 2. The van der Waals surface area contributed by atoms with Crippen molar-refractivity contribution in [2.45, 2.75) is 32.1 Å². The van der Waals surface area contributed by atoms with Gasteiger partial charge in [-0.25, -0.2) is 0 Å². The topological polar surface area (TPSA) is 52.7 Å². The number of likely N-dealkylation sites (tertiary alicyclic amines) is 1. The quantitative estimate of drug-likeness (QED) is 0.653. The second-order valence-corrected chi connectivity index (χ2v) is 9.44. The van der Waals surface area contributed by atoms with E-state index in [2.05, 4.69) is 40.5 Å². The molecule has 4 rings (SSSR count). The molecule has 2 aromatic carbocycles. The molecule has 0 radical (unpaired) electrons. The number of rotatable bonds is 8. The number of carbonyl (C=O) groups is 2. The molecular weight excluding hydrogens is 422 g/mol. The molecule has 1 N–H and O–H groups in total. The maximum atomic E-state index is 13.2. The zero-order valence-electron chi connectivity index (χ0n) is 18.5. The van der Waals surface area contributed by atoms with Crippen molar-refractivity contribution in [1.29, 1.82) is 0 Å². The highest BCUT2D eigenvalue weighted by Gasteiger charge is 2.32. The summed E-state index contributed by atoms with van der Waals surface area (Å²) in [5.74, 6) is 0.417. The smallest absolute Gasteiger partial charge is 0.232 e. The lowest BCUT2D eigenvalue weighted by Gasteiger charge is -2.33. The van der Waals surface area contributed by atoms with Gasteiger partial charge in [-0.3, -0.25) is 9.59 Å². The van der Waals surface area contributed by atoms with Crippen LogP contribution in [0.25, 0.3) is 0 Å². The Kier molecular flexibility index (Phi) is 7.82. The summed E-state index contributed by atoms with van der Waals surface area (Å²) in [7, 11) is 0. The predicted octanol–water partition coefficient (Wildman–Crippen LogP) is 4.15. The van der Waals surface area contributed by atoms with Crippen molar-refractivity contribution in [3.05, 3.63) is 65.2 Å². The van der Waals surface area contributed by atoms with Crippen LogP contribution in [0.5, 0.6) is 0 Å². The van der Waals surface area contributed by atoms with Crippen LogP contribution in [0.2, 0.25) is 5.02 Å². The summed E-state index contributed by atoms with van der Waals surface area (Å²) in [6.07, 6.45) is 4.78. The summed E-state index contributed by atoms with van der Waals surface area (Å²) in [6.45, 7) is 4.26. The van der Waals surface area contributed by atoms with Crippen LogP contribution in [0.4, 0.5) is 5.69 Å². The van der Waals surface area contributed by atoms with E-state index in [0.29, 0.717) is 18.1 Å². The number of piperidine rings is 1. The van der Waals surface area contributed by atoms with E-state index < -0.39 is 0 Å². The molecule has 6 heteroatoms. The third-order valence-electron chi connectivity index (χ3n) is 6.64. The number of benzene rings is 2. The first-order chi connectivity index (χ1) is 15.6. The highest BCUT2D eigenvalue weighted by Crippen LogP contribution is 2.25. The molecule has 2 fully saturated rings. The Morgan fingerprint density at radius 3 is 2.56 bits per heavy atom. The molecule has 2 aromatic rings. The van der Waals surface area contributed by atoms with E-state index in [4.69, 9.17) is 11.6 Å². The average Bonchev–Trinajstić information content (AvgIpc) is 3.24. The fourth-order valence-corrected chi connectivity index (χ4v) is 5.01. The van der Waals surface area contributed by atoms with Crippen LogP contribution in [0, 0.1) is 11.8 Å². The zero-order chi connectivity index (χ0) is 22.3. The first kappa shape index (κ1) is 22.8. The van der Waals surface area contributed by atoms with E-state index in [-0.39, 0.29) is 24.2 Å². The summed E-state index contributed by atoms with van der Waals surface area (Å²) in [5.41, 5.74) is 2.24. The van der Waals surface area contributed by atoms with Crippen LogP contribution in [0.3, 0.4) is 0 Å². The van der Waals surface area contributed by atoms with Gasteiger partial charge in [-0.15, -0.1) is 0 Å². The maximum Gasteiger partial charge on any atom is 0.232 e. The second-order valence-electron chi connectivity index (χ2n) is 9.00. The molecule has 5 nitrogen and oxygen atoms in total. The Labute approximate surface area is 195 Å². The van der Waals surface area contributed by atoms with Crippen LogP contribution >= 0.6 is 11.6 Å². The molecule has 32 heavy (non-hydrogen) atoms. The van der Waals surface area contributed by atoms with Gasteiger partial charge in [0, 0.05) is 30.2 Å². The van der Waals surface area contributed by atoms with E-state index in [1.165, 1.54) is 24.8 Å². The van der Waals surface area contributed by atoms with Gasteiger partial charge in [-0.2, -0.15) is 0 Å². The predicted molar refractivity (Wildman–Crippen MR) is 129 cm³/mol. The molecule has 0 bridgehead atoms. The van der Waals surface area contributed by atoms with E-state index in [1.807, 2.05) is 29.2 Å². The Hall–Kier alpha value is -2.37. The van der Waals surface area contributed by atoms with Crippen LogP contribution in [-0.2, 0) is 16.0 Å². The average molecular weight is 454 g/mol. The minimum absolute atomic E-state index is 0.00665. The Bertz CT molecular complexity index is 912. The fraction of sp³-hybridized carbons (Fsp3) is 0.462. The summed E-state index contributed by atoms with van der Waals surface area (Å²) >= 11 is 6.19. The molecule has 0 aliphatic carbocycles.